The van der Waals surface area contributed by atoms with Crippen LogP contribution < -0.4 is 31.3 Å². The predicted octanol–water partition coefficient (Wildman–Crippen LogP) is 0.266. The first-order valence-corrected chi connectivity index (χ1v) is 16.5. The zero-order chi connectivity index (χ0) is 35.8. The van der Waals surface area contributed by atoms with E-state index in [1.54, 1.807) is 42.1 Å². The number of carbonyl (C=O) groups is 5. The summed E-state index contributed by atoms with van der Waals surface area (Å²) in [7, 11) is 0. The zero-order valence-corrected chi connectivity index (χ0v) is 27.8. The van der Waals surface area contributed by atoms with Gasteiger partial charge in [-0.15, -0.1) is 5.10 Å². The molecule has 5 amide bonds. The number of nitrogens with one attached hydrogen (secondary N) is 5. The van der Waals surface area contributed by atoms with Crippen molar-refractivity contribution in [3.05, 3.63) is 77.4 Å². The van der Waals surface area contributed by atoms with Gasteiger partial charge in [-0.1, -0.05) is 42.5 Å². The second-order valence-corrected chi connectivity index (χ2v) is 12.5. The summed E-state index contributed by atoms with van der Waals surface area (Å²) >= 11 is 0. The molecule has 0 unspecified atom stereocenters. The first kappa shape index (κ1) is 35.9. The van der Waals surface area contributed by atoms with Crippen LogP contribution in [-0.2, 0) is 38.7 Å². The van der Waals surface area contributed by atoms with Gasteiger partial charge in [-0.3, -0.25) is 28.7 Å². The van der Waals surface area contributed by atoms with E-state index in [-0.39, 0.29) is 50.1 Å². The molecule has 50 heavy (non-hydrogen) atoms. The lowest BCUT2D eigenvalue weighted by Crippen LogP contribution is -2.61. The molecule has 2 heterocycles. The third kappa shape index (κ3) is 8.99. The van der Waals surface area contributed by atoms with Gasteiger partial charge in [0, 0.05) is 19.4 Å². The summed E-state index contributed by atoms with van der Waals surface area (Å²) in [5.74, 6) is -4.01. The number of halogens is 1. The lowest BCUT2D eigenvalue weighted by molar-refractivity contribution is -0.136. The molecule has 1 aliphatic carbocycles. The summed E-state index contributed by atoms with van der Waals surface area (Å²) in [5, 5.41) is 32.0. The van der Waals surface area contributed by atoms with Crippen molar-refractivity contribution in [1.82, 2.24) is 41.6 Å². The summed E-state index contributed by atoms with van der Waals surface area (Å²) in [6.07, 6.45) is 1.46. The molecular weight excluding hydrogens is 651 g/mol. The average Bonchev–Trinajstić information content (AvgIpc) is 3.74. The quantitative estimate of drug-likeness (QED) is 0.222. The molecule has 1 aromatic heterocycles. The van der Waals surface area contributed by atoms with Crippen LogP contribution in [0.1, 0.15) is 61.1 Å². The largest absolute Gasteiger partial charge is 0.493 e. The summed E-state index contributed by atoms with van der Waals surface area (Å²) in [5.41, 5.74) is -0.286. The van der Waals surface area contributed by atoms with Gasteiger partial charge >= 0.3 is 0 Å². The van der Waals surface area contributed by atoms with E-state index >= 15 is 0 Å². The van der Waals surface area contributed by atoms with Crippen molar-refractivity contribution in [2.75, 3.05) is 6.61 Å². The molecule has 0 radical (unpaired) electrons. The number of benzene rings is 2. The number of amides is 5. The third-order valence-electron chi connectivity index (χ3n) is 8.55. The van der Waals surface area contributed by atoms with Crippen LogP contribution in [0, 0.1) is 5.82 Å². The number of rotatable bonds is 4. The van der Waals surface area contributed by atoms with Crippen LogP contribution in [0.5, 0.6) is 5.75 Å². The number of aliphatic hydroxyl groups is 1. The number of carbonyl (C=O) groups excluding carboxylic acids is 5. The van der Waals surface area contributed by atoms with Crippen LogP contribution in [-0.4, -0.2) is 86.0 Å². The first-order chi connectivity index (χ1) is 24.0. The van der Waals surface area contributed by atoms with E-state index in [1.165, 1.54) is 13.0 Å². The smallest absolute Gasteiger partial charge is 0.255 e. The van der Waals surface area contributed by atoms with E-state index in [9.17, 15) is 33.5 Å². The zero-order valence-electron chi connectivity index (χ0n) is 27.8. The summed E-state index contributed by atoms with van der Waals surface area (Å²) in [6.45, 7) is 3.50. The van der Waals surface area contributed by atoms with Gasteiger partial charge in [0.2, 0.25) is 23.6 Å². The number of nitrogens with zero attached hydrogens (tertiary/aromatic N) is 3. The SMILES string of the molecule is CC[C@@H]1NC(=O)c2cc(F)ccc2OCCCn2cc(nn2)CNC(=O)[C@H](Cc2ccccc2)NC(=O)[C@H]([C@@H](C)O)NC(=O)C2(CC2)NC1=O. The van der Waals surface area contributed by atoms with E-state index < -0.39 is 65.1 Å². The second kappa shape index (κ2) is 15.9. The number of ether oxygens (including phenoxy) is 1. The highest BCUT2D eigenvalue weighted by atomic mass is 19.1. The first-order valence-electron chi connectivity index (χ1n) is 16.5. The van der Waals surface area contributed by atoms with Gasteiger partial charge in [-0.2, -0.15) is 0 Å². The Kier molecular flexibility index (Phi) is 11.4. The van der Waals surface area contributed by atoms with Crippen molar-refractivity contribution in [2.45, 2.75) is 88.8 Å². The number of aliphatic hydroxyl groups excluding tert-OH is 1. The van der Waals surface area contributed by atoms with Crippen LogP contribution >= 0.6 is 0 Å². The number of hydrogen-bond acceptors (Lipinski definition) is 9. The van der Waals surface area contributed by atoms with E-state index in [0.717, 1.165) is 17.7 Å². The van der Waals surface area contributed by atoms with Gasteiger partial charge in [-0.05, 0) is 49.9 Å². The van der Waals surface area contributed by atoms with Crippen molar-refractivity contribution in [1.29, 1.82) is 0 Å². The Morgan fingerprint density at radius 2 is 1.76 bits per heavy atom. The minimum absolute atomic E-state index is 0.00207. The lowest BCUT2D eigenvalue weighted by Gasteiger charge is -2.27. The molecule has 1 aliphatic heterocycles. The summed E-state index contributed by atoms with van der Waals surface area (Å²) in [4.78, 5) is 67.1. The fourth-order valence-electron chi connectivity index (χ4n) is 5.49. The van der Waals surface area contributed by atoms with Gasteiger partial charge in [0.15, 0.2) is 0 Å². The second-order valence-electron chi connectivity index (χ2n) is 12.5. The summed E-state index contributed by atoms with van der Waals surface area (Å²) in [6, 6.07) is 8.87. The molecule has 0 saturated heterocycles. The normalized spacial score (nSPS) is 22.7. The highest BCUT2D eigenvalue weighted by Gasteiger charge is 2.53. The van der Waals surface area contributed by atoms with Crippen molar-refractivity contribution < 1.29 is 38.2 Å². The van der Waals surface area contributed by atoms with Gasteiger partial charge in [0.25, 0.3) is 5.91 Å². The minimum atomic E-state index is -1.47. The van der Waals surface area contributed by atoms with Gasteiger partial charge in [0.05, 0.1) is 31.0 Å². The highest BCUT2D eigenvalue weighted by Crippen LogP contribution is 2.36. The Bertz CT molecular complexity index is 1710. The third-order valence-corrected chi connectivity index (χ3v) is 8.55. The number of aryl methyl sites for hydroxylation is 1. The maximum Gasteiger partial charge on any atom is 0.255 e. The molecule has 2 aromatic carbocycles. The van der Waals surface area contributed by atoms with Gasteiger partial charge < -0.3 is 36.4 Å². The summed E-state index contributed by atoms with van der Waals surface area (Å²) < 4.78 is 21.6. The average molecular weight is 693 g/mol. The Morgan fingerprint density at radius 1 is 1.00 bits per heavy atom. The van der Waals surface area contributed by atoms with E-state index in [0.29, 0.717) is 18.7 Å². The van der Waals surface area contributed by atoms with E-state index in [4.69, 9.17) is 4.74 Å². The molecule has 266 valence electrons. The number of aromatic nitrogens is 3. The van der Waals surface area contributed by atoms with Crippen molar-refractivity contribution in [2.24, 2.45) is 0 Å². The standard InChI is InChI=1S/C34H41FN8O7/c1-3-25-31(47)40-34(12-13-34)33(49)39-28(20(2)44)32(48)38-26(16-21-8-5-4-6-9-21)30(46)36-18-23-19-43(42-41-23)14-7-15-50-27-11-10-22(35)17-24(27)29(45)37-25/h4-6,8-11,17,19-20,25-26,28,44H,3,7,12-16,18H2,1-2H3,(H,36,46)(H,37,45)(H,38,48)(H,39,49)(H,40,47)/t20-,25+,26+,28+/m1/s1. The molecule has 2 bridgehead atoms. The van der Waals surface area contributed by atoms with E-state index in [1.807, 2.05) is 6.07 Å². The van der Waals surface area contributed by atoms with Crippen LogP contribution in [0.15, 0.2) is 54.7 Å². The van der Waals surface area contributed by atoms with Gasteiger partial charge in [0.1, 0.15) is 40.9 Å². The highest BCUT2D eigenvalue weighted by molar-refractivity contribution is 6.02. The number of hydrogen-bond donors (Lipinski definition) is 6. The Hall–Kier alpha value is -5.38. The number of fused-ring (bicyclic) bond motifs is 3. The molecule has 5 rings (SSSR count). The molecule has 16 heteroatoms. The molecule has 15 nitrogen and oxygen atoms in total. The Morgan fingerprint density at radius 3 is 2.46 bits per heavy atom. The maximum absolute atomic E-state index is 14.2. The van der Waals surface area contributed by atoms with Crippen molar-refractivity contribution in [3.63, 3.8) is 0 Å². The Balaban J connectivity index is 1.41. The van der Waals surface area contributed by atoms with Crippen LogP contribution in [0.25, 0.3) is 0 Å². The fraction of sp³-hybridized carbons (Fsp3) is 0.441. The molecule has 1 spiro atoms. The fourth-order valence-corrected chi connectivity index (χ4v) is 5.49. The lowest BCUT2D eigenvalue weighted by atomic mass is 10.0. The van der Waals surface area contributed by atoms with Crippen molar-refractivity contribution >= 4 is 29.5 Å². The predicted molar refractivity (Wildman–Crippen MR) is 176 cm³/mol. The molecule has 4 atom stereocenters. The molecule has 3 aromatic rings. The topological polar surface area (TPSA) is 206 Å². The molecular formula is C34H41FN8O7. The Labute approximate surface area is 287 Å². The van der Waals surface area contributed by atoms with E-state index in [2.05, 4.69) is 36.9 Å². The minimum Gasteiger partial charge on any atom is -0.493 e. The van der Waals surface area contributed by atoms with Crippen LogP contribution in [0.3, 0.4) is 0 Å². The van der Waals surface area contributed by atoms with Crippen LogP contribution in [0.4, 0.5) is 4.39 Å². The monoisotopic (exact) mass is 692 g/mol. The molecule has 6 N–H and O–H groups in total. The van der Waals surface area contributed by atoms with Crippen LogP contribution in [0.2, 0.25) is 0 Å². The molecule has 1 fully saturated rings. The maximum atomic E-state index is 14.2. The molecule has 1 saturated carbocycles. The van der Waals surface area contributed by atoms with Gasteiger partial charge in [-0.25, -0.2) is 4.39 Å². The van der Waals surface area contributed by atoms with Crippen molar-refractivity contribution in [3.8, 4) is 5.75 Å². The molecule has 2 aliphatic rings.